The number of aliphatic carboxylic acids is 1. The largest absolute Gasteiger partial charge is 0.480 e. The summed E-state index contributed by atoms with van der Waals surface area (Å²) >= 11 is 0. The molecule has 148 valence electrons. The fraction of sp³-hybridized carbons (Fsp3) is 0.286. The number of hydrogen-bond acceptors (Lipinski definition) is 3. The molecule has 0 aliphatic heterocycles. The molecule has 0 aliphatic carbocycles. The number of carbonyl (C=O) groups is 3. The summed E-state index contributed by atoms with van der Waals surface area (Å²) in [4.78, 5) is 36.5. The van der Waals surface area contributed by atoms with Gasteiger partial charge in [-0.3, -0.25) is 9.59 Å². The molecule has 2 amide bonds. The highest BCUT2D eigenvalue weighted by Gasteiger charge is 2.23. The highest BCUT2D eigenvalue weighted by Crippen LogP contribution is 2.22. The number of hydrogen-bond donors (Lipinski definition) is 3. The molecule has 6 nitrogen and oxygen atoms in total. The number of benzene rings is 2. The molecule has 0 fully saturated rings. The van der Waals surface area contributed by atoms with E-state index in [4.69, 9.17) is 0 Å². The third-order valence-electron chi connectivity index (χ3n) is 4.32. The van der Waals surface area contributed by atoms with Gasteiger partial charge in [-0.25, -0.2) is 9.18 Å². The fourth-order valence-electron chi connectivity index (χ4n) is 2.75. The number of rotatable bonds is 8. The monoisotopic (exact) mass is 386 g/mol. The van der Waals surface area contributed by atoms with Crippen molar-refractivity contribution in [1.82, 2.24) is 5.32 Å². The number of para-hydroxylation sites is 1. The summed E-state index contributed by atoms with van der Waals surface area (Å²) in [5.74, 6) is -3.10. The molecule has 0 heterocycles. The molecule has 0 bridgehead atoms. The smallest absolute Gasteiger partial charge is 0.326 e. The van der Waals surface area contributed by atoms with Crippen molar-refractivity contribution in [2.45, 2.75) is 39.2 Å². The van der Waals surface area contributed by atoms with Crippen LogP contribution in [0, 0.1) is 12.7 Å². The van der Waals surface area contributed by atoms with Crippen LogP contribution in [-0.2, 0) is 4.79 Å². The van der Waals surface area contributed by atoms with Gasteiger partial charge in [0, 0.05) is 0 Å². The van der Waals surface area contributed by atoms with E-state index in [1.807, 2.05) is 6.92 Å². The van der Waals surface area contributed by atoms with Crippen LogP contribution in [0.4, 0.5) is 10.1 Å². The SMILES string of the molecule is CCCCC(NC(=O)c1cccc(C)c1NC(=O)c1ccccc1F)C(=O)O. The predicted molar refractivity (Wildman–Crippen MR) is 104 cm³/mol. The quantitative estimate of drug-likeness (QED) is 0.644. The number of carboxylic acids is 1. The first-order valence-corrected chi connectivity index (χ1v) is 9.04. The molecule has 2 rings (SSSR count). The Morgan fingerprint density at radius 1 is 1.04 bits per heavy atom. The second kappa shape index (κ2) is 9.64. The first-order chi connectivity index (χ1) is 13.3. The lowest BCUT2D eigenvalue weighted by Gasteiger charge is -2.17. The molecule has 7 heteroatoms. The van der Waals surface area contributed by atoms with Crippen molar-refractivity contribution in [1.29, 1.82) is 0 Å². The Kier molecular flexibility index (Phi) is 7.26. The van der Waals surface area contributed by atoms with Crippen LogP contribution in [0.25, 0.3) is 0 Å². The number of unbranched alkanes of at least 4 members (excludes halogenated alkanes) is 1. The summed E-state index contributed by atoms with van der Waals surface area (Å²) in [6.07, 6.45) is 1.76. The van der Waals surface area contributed by atoms with Crippen molar-refractivity contribution >= 4 is 23.5 Å². The average Bonchev–Trinajstić information content (AvgIpc) is 2.66. The van der Waals surface area contributed by atoms with Crippen molar-refractivity contribution in [3.05, 3.63) is 65.0 Å². The summed E-state index contributed by atoms with van der Waals surface area (Å²) in [6, 6.07) is 9.31. The lowest BCUT2D eigenvalue weighted by Crippen LogP contribution is -2.41. The van der Waals surface area contributed by atoms with Gasteiger partial charge in [0.2, 0.25) is 0 Å². The van der Waals surface area contributed by atoms with E-state index >= 15 is 0 Å². The first kappa shape index (κ1) is 21.1. The number of carboxylic acid groups (broad SMARTS) is 1. The highest BCUT2D eigenvalue weighted by atomic mass is 19.1. The summed E-state index contributed by atoms with van der Waals surface area (Å²) in [5, 5.41) is 14.4. The van der Waals surface area contributed by atoms with Crippen LogP contribution in [0.3, 0.4) is 0 Å². The van der Waals surface area contributed by atoms with Gasteiger partial charge in [0.05, 0.1) is 16.8 Å². The molecule has 3 N–H and O–H groups in total. The summed E-state index contributed by atoms with van der Waals surface area (Å²) in [6.45, 7) is 3.62. The van der Waals surface area contributed by atoms with Gasteiger partial charge in [0.25, 0.3) is 11.8 Å². The Morgan fingerprint density at radius 3 is 2.36 bits per heavy atom. The molecule has 0 saturated heterocycles. The maximum absolute atomic E-state index is 13.9. The van der Waals surface area contributed by atoms with E-state index in [2.05, 4.69) is 10.6 Å². The average molecular weight is 386 g/mol. The highest BCUT2D eigenvalue weighted by molar-refractivity contribution is 6.10. The minimum Gasteiger partial charge on any atom is -0.480 e. The Morgan fingerprint density at radius 2 is 1.71 bits per heavy atom. The predicted octanol–water partition coefficient (Wildman–Crippen LogP) is 3.76. The zero-order valence-corrected chi connectivity index (χ0v) is 15.8. The van der Waals surface area contributed by atoms with Gasteiger partial charge in [-0.05, 0) is 37.1 Å². The van der Waals surface area contributed by atoms with Crippen LogP contribution in [0.5, 0.6) is 0 Å². The number of carbonyl (C=O) groups excluding carboxylic acids is 2. The Labute approximate surface area is 162 Å². The van der Waals surface area contributed by atoms with E-state index < -0.39 is 29.6 Å². The first-order valence-electron chi connectivity index (χ1n) is 9.04. The number of amides is 2. The van der Waals surface area contributed by atoms with Crippen LogP contribution in [0.1, 0.15) is 52.5 Å². The Bertz CT molecular complexity index is 882. The van der Waals surface area contributed by atoms with E-state index in [-0.39, 0.29) is 16.8 Å². The standard InChI is InChI=1S/C21H23FN2O4/c1-3-4-12-17(21(27)28)23-20(26)15-10-7-8-13(2)18(15)24-19(25)14-9-5-6-11-16(14)22/h5-11,17H,3-4,12H2,1-2H3,(H,23,26)(H,24,25)(H,27,28). The van der Waals surface area contributed by atoms with Crippen molar-refractivity contribution in [3.63, 3.8) is 0 Å². The molecule has 1 unspecified atom stereocenters. The van der Waals surface area contributed by atoms with Gasteiger partial charge < -0.3 is 15.7 Å². The second-order valence-corrected chi connectivity index (χ2v) is 6.44. The van der Waals surface area contributed by atoms with E-state index in [1.54, 1.807) is 19.1 Å². The van der Waals surface area contributed by atoms with Gasteiger partial charge in [0.15, 0.2) is 0 Å². The molecule has 28 heavy (non-hydrogen) atoms. The molecule has 0 saturated carbocycles. The Hall–Kier alpha value is -3.22. The van der Waals surface area contributed by atoms with Crippen LogP contribution in [0.2, 0.25) is 0 Å². The van der Waals surface area contributed by atoms with Crippen molar-refractivity contribution in [3.8, 4) is 0 Å². The summed E-state index contributed by atoms with van der Waals surface area (Å²) < 4.78 is 13.9. The van der Waals surface area contributed by atoms with Crippen LogP contribution < -0.4 is 10.6 Å². The lowest BCUT2D eigenvalue weighted by atomic mass is 10.0. The summed E-state index contributed by atoms with van der Waals surface area (Å²) in [5.41, 5.74) is 0.779. The zero-order valence-electron chi connectivity index (χ0n) is 15.8. The van der Waals surface area contributed by atoms with Crippen LogP contribution >= 0.6 is 0 Å². The molecule has 0 spiro atoms. The maximum Gasteiger partial charge on any atom is 0.326 e. The Balaban J connectivity index is 2.28. The van der Waals surface area contributed by atoms with E-state index in [0.717, 1.165) is 6.42 Å². The molecular formula is C21H23FN2O4. The van der Waals surface area contributed by atoms with Gasteiger partial charge in [-0.2, -0.15) is 0 Å². The number of anilines is 1. The van der Waals surface area contributed by atoms with Gasteiger partial charge in [-0.15, -0.1) is 0 Å². The van der Waals surface area contributed by atoms with Crippen molar-refractivity contribution < 1.29 is 23.9 Å². The second-order valence-electron chi connectivity index (χ2n) is 6.44. The van der Waals surface area contributed by atoms with E-state index in [9.17, 15) is 23.9 Å². The molecule has 0 aliphatic rings. The zero-order chi connectivity index (χ0) is 20.7. The van der Waals surface area contributed by atoms with E-state index in [0.29, 0.717) is 18.4 Å². The third kappa shape index (κ3) is 5.16. The van der Waals surface area contributed by atoms with Gasteiger partial charge in [-0.1, -0.05) is 44.0 Å². The normalized spacial score (nSPS) is 11.5. The lowest BCUT2D eigenvalue weighted by molar-refractivity contribution is -0.139. The minimum atomic E-state index is -1.12. The van der Waals surface area contributed by atoms with Gasteiger partial charge in [0.1, 0.15) is 11.9 Å². The molecule has 0 aromatic heterocycles. The number of halogens is 1. The topological polar surface area (TPSA) is 95.5 Å². The third-order valence-corrected chi connectivity index (χ3v) is 4.32. The van der Waals surface area contributed by atoms with Gasteiger partial charge >= 0.3 is 5.97 Å². The molecule has 0 radical (unpaired) electrons. The molecule has 2 aromatic rings. The number of aryl methyl sites for hydroxylation is 1. The van der Waals surface area contributed by atoms with Crippen molar-refractivity contribution in [2.75, 3.05) is 5.32 Å². The number of nitrogens with one attached hydrogen (secondary N) is 2. The van der Waals surface area contributed by atoms with Crippen LogP contribution in [-0.4, -0.2) is 28.9 Å². The molecular weight excluding hydrogens is 363 g/mol. The van der Waals surface area contributed by atoms with Crippen molar-refractivity contribution in [2.24, 2.45) is 0 Å². The minimum absolute atomic E-state index is 0.118. The molecule has 2 aromatic carbocycles. The summed E-state index contributed by atoms with van der Waals surface area (Å²) in [7, 11) is 0. The maximum atomic E-state index is 13.9. The molecule has 1 atom stereocenters. The fourth-order valence-corrected chi connectivity index (χ4v) is 2.75. The van der Waals surface area contributed by atoms with Crippen LogP contribution in [0.15, 0.2) is 42.5 Å². The van der Waals surface area contributed by atoms with E-state index in [1.165, 1.54) is 30.3 Å².